The Labute approximate surface area is 107 Å². The van der Waals surface area contributed by atoms with Crippen molar-refractivity contribution in [2.45, 2.75) is 25.8 Å². The molecule has 0 spiro atoms. The lowest BCUT2D eigenvalue weighted by Crippen LogP contribution is -2.34. The number of carbonyl (C=O) groups is 1. The van der Waals surface area contributed by atoms with E-state index in [1.807, 2.05) is 37.4 Å². The molecule has 3 heteroatoms. The summed E-state index contributed by atoms with van der Waals surface area (Å²) in [7, 11) is 0. The normalized spacial score (nSPS) is 12.0. The van der Waals surface area contributed by atoms with Gasteiger partial charge in [0.1, 0.15) is 0 Å². The number of amides is 1. The van der Waals surface area contributed by atoms with Crippen LogP contribution in [0.3, 0.4) is 0 Å². The summed E-state index contributed by atoms with van der Waals surface area (Å²) in [6, 6.07) is 7.60. The first-order chi connectivity index (χ1) is 8.74. The van der Waals surface area contributed by atoms with E-state index in [0.717, 1.165) is 17.3 Å². The maximum atomic E-state index is 12.1. The average Bonchev–Trinajstić information content (AvgIpc) is 2.85. The van der Waals surface area contributed by atoms with Gasteiger partial charge in [0.15, 0.2) is 0 Å². The number of hydrogen-bond donors (Lipinski definition) is 2. The molecule has 3 nitrogen and oxygen atoms in total. The predicted molar refractivity (Wildman–Crippen MR) is 73.3 cm³/mol. The molecule has 0 aliphatic heterocycles. The Hall–Kier alpha value is -2.21. The number of rotatable bonds is 4. The molecule has 2 rings (SSSR count). The van der Waals surface area contributed by atoms with Crippen molar-refractivity contribution < 1.29 is 4.79 Å². The summed E-state index contributed by atoms with van der Waals surface area (Å²) in [4.78, 5) is 15.2. The minimum atomic E-state index is -0.0693. The fourth-order valence-corrected chi connectivity index (χ4v) is 1.90. The first kappa shape index (κ1) is 12.3. The molecule has 92 valence electrons. The van der Waals surface area contributed by atoms with Crippen molar-refractivity contribution in [2.75, 3.05) is 0 Å². The van der Waals surface area contributed by atoms with E-state index in [4.69, 9.17) is 6.42 Å². The Kier molecular flexibility index (Phi) is 3.69. The summed E-state index contributed by atoms with van der Waals surface area (Å²) in [5.41, 5.74) is 1.69. The Morgan fingerprint density at radius 2 is 2.33 bits per heavy atom. The molecule has 0 radical (unpaired) electrons. The van der Waals surface area contributed by atoms with E-state index in [2.05, 4.69) is 16.2 Å². The molecule has 2 aromatic rings. The third-order valence-electron chi connectivity index (χ3n) is 3.01. The molecule has 0 fully saturated rings. The first-order valence-corrected chi connectivity index (χ1v) is 6.06. The van der Waals surface area contributed by atoms with Gasteiger partial charge in [-0.3, -0.25) is 4.79 Å². The van der Waals surface area contributed by atoms with Crippen LogP contribution in [-0.4, -0.2) is 16.9 Å². The van der Waals surface area contributed by atoms with E-state index in [9.17, 15) is 4.79 Å². The molecule has 1 atom stereocenters. The lowest BCUT2D eigenvalue weighted by Gasteiger charge is -2.14. The largest absolute Gasteiger partial charge is 0.361 e. The molecule has 18 heavy (non-hydrogen) atoms. The van der Waals surface area contributed by atoms with Gasteiger partial charge in [0.05, 0.1) is 0 Å². The van der Waals surface area contributed by atoms with Crippen molar-refractivity contribution in [1.29, 1.82) is 0 Å². The van der Waals surface area contributed by atoms with Crippen LogP contribution in [0.5, 0.6) is 0 Å². The lowest BCUT2D eigenvalue weighted by atomic mass is 10.1. The Morgan fingerprint density at radius 3 is 3.06 bits per heavy atom. The van der Waals surface area contributed by atoms with Crippen LogP contribution in [0.15, 0.2) is 30.5 Å². The van der Waals surface area contributed by atoms with Crippen molar-refractivity contribution in [3.63, 3.8) is 0 Å². The van der Waals surface area contributed by atoms with Crippen LogP contribution in [0.1, 0.15) is 30.1 Å². The highest BCUT2D eigenvalue weighted by Gasteiger charge is 2.11. The monoisotopic (exact) mass is 240 g/mol. The number of carbonyl (C=O) groups excluding carboxylic acids is 1. The molecule has 1 heterocycles. The summed E-state index contributed by atoms with van der Waals surface area (Å²) in [6.45, 7) is 2.01. The maximum absolute atomic E-state index is 12.1. The van der Waals surface area contributed by atoms with Crippen molar-refractivity contribution in [1.82, 2.24) is 10.3 Å². The third-order valence-corrected chi connectivity index (χ3v) is 3.01. The van der Waals surface area contributed by atoms with Crippen LogP contribution in [0.4, 0.5) is 0 Å². The Morgan fingerprint density at radius 1 is 1.50 bits per heavy atom. The highest BCUT2D eigenvalue weighted by Crippen LogP contribution is 2.14. The number of fused-ring (bicyclic) bond motifs is 1. The van der Waals surface area contributed by atoms with Gasteiger partial charge in [-0.15, -0.1) is 12.3 Å². The molecule has 1 aromatic heterocycles. The minimum Gasteiger partial charge on any atom is -0.361 e. The van der Waals surface area contributed by atoms with Crippen LogP contribution in [0.25, 0.3) is 10.9 Å². The molecule has 1 aromatic carbocycles. The molecule has 1 unspecified atom stereocenters. The fraction of sp³-hybridized carbons (Fsp3) is 0.267. The smallest absolute Gasteiger partial charge is 0.251 e. The number of aromatic amines is 1. The van der Waals surface area contributed by atoms with E-state index in [-0.39, 0.29) is 11.9 Å². The molecule has 0 bridgehead atoms. The van der Waals surface area contributed by atoms with Crippen molar-refractivity contribution in [3.05, 3.63) is 36.0 Å². The molecule has 0 saturated carbocycles. The number of hydrogen-bond acceptors (Lipinski definition) is 1. The van der Waals surface area contributed by atoms with Crippen LogP contribution in [0.2, 0.25) is 0 Å². The van der Waals surface area contributed by atoms with Gasteiger partial charge < -0.3 is 10.3 Å². The van der Waals surface area contributed by atoms with Gasteiger partial charge in [0.2, 0.25) is 0 Å². The maximum Gasteiger partial charge on any atom is 0.251 e. The SMILES string of the molecule is C#CCC(CC)NC(=O)c1ccc2[nH]ccc2c1. The second kappa shape index (κ2) is 5.42. The van der Waals surface area contributed by atoms with Gasteiger partial charge in [0.25, 0.3) is 5.91 Å². The van der Waals surface area contributed by atoms with Crippen molar-refractivity contribution in [3.8, 4) is 12.3 Å². The van der Waals surface area contributed by atoms with Gasteiger partial charge in [-0.25, -0.2) is 0 Å². The fourth-order valence-electron chi connectivity index (χ4n) is 1.90. The zero-order chi connectivity index (χ0) is 13.0. The summed E-state index contributed by atoms with van der Waals surface area (Å²) in [5, 5.41) is 3.98. The number of H-pyrrole nitrogens is 1. The van der Waals surface area contributed by atoms with Crippen LogP contribution >= 0.6 is 0 Å². The van der Waals surface area contributed by atoms with E-state index in [1.165, 1.54) is 0 Å². The molecular formula is C15H16N2O. The molecule has 0 aliphatic carbocycles. The van der Waals surface area contributed by atoms with Crippen LogP contribution in [-0.2, 0) is 0 Å². The Balaban J connectivity index is 2.15. The second-order valence-corrected chi connectivity index (χ2v) is 4.27. The highest BCUT2D eigenvalue weighted by atomic mass is 16.1. The van der Waals surface area contributed by atoms with Crippen LogP contribution < -0.4 is 5.32 Å². The van der Waals surface area contributed by atoms with Gasteiger partial charge in [0, 0.05) is 35.1 Å². The molecule has 0 saturated heterocycles. The lowest BCUT2D eigenvalue weighted by molar-refractivity contribution is 0.0937. The molecule has 0 aliphatic rings. The Bertz CT molecular complexity index is 592. The molecular weight excluding hydrogens is 224 g/mol. The molecule has 2 N–H and O–H groups in total. The summed E-state index contributed by atoms with van der Waals surface area (Å²) in [6.07, 6.45) is 8.53. The van der Waals surface area contributed by atoms with Gasteiger partial charge in [-0.1, -0.05) is 6.92 Å². The van der Waals surface area contributed by atoms with Crippen molar-refractivity contribution >= 4 is 16.8 Å². The summed E-state index contributed by atoms with van der Waals surface area (Å²) in [5.74, 6) is 2.51. The number of aromatic nitrogens is 1. The van der Waals surface area contributed by atoms with Gasteiger partial charge >= 0.3 is 0 Å². The third kappa shape index (κ3) is 2.54. The molecule has 1 amide bonds. The topological polar surface area (TPSA) is 44.9 Å². The van der Waals surface area contributed by atoms with E-state index < -0.39 is 0 Å². The quantitative estimate of drug-likeness (QED) is 0.793. The van der Waals surface area contributed by atoms with Gasteiger partial charge in [-0.05, 0) is 30.7 Å². The van der Waals surface area contributed by atoms with E-state index >= 15 is 0 Å². The van der Waals surface area contributed by atoms with Gasteiger partial charge in [-0.2, -0.15) is 0 Å². The zero-order valence-corrected chi connectivity index (χ0v) is 10.4. The van der Waals surface area contributed by atoms with Crippen molar-refractivity contribution in [2.24, 2.45) is 0 Å². The summed E-state index contributed by atoms with van der Waals surface area (Å²) >= 11 is 0. The average molecular weight is 240 g/mol. The number of nitrogens with one attached hydrogen (secondary N) is 2. The summed E-state index contributed by atoms with van der Waals surface area (Å²) < 4.78 is 0. The van der Waals surface area contributed by atoms with E-state index in [0.29, 0.717) is 12.0 Å². The first-order valence-electron chi connectivity index (χ1n) is 6.06. The standard InChI is InChI=1S/C15H16N2O/c1-3-5-13(4-2)17-15(18)12-6-7-14-11(10-12)8-9-16-14/h1,6-10,13,16H,4-5H2,2H3,(H,17,18). The predicted octanol–water partition coefficient (Wildman–Crippen LogP) is 2.70. The second-order valence-electron chi connectivity index (χ2n) is 4.27. The highest BCUT2D eigenvalue weighted by molar-refractivity contribution is 5.98. The van der Waals surface area contributed by atoms with Crippen LogP contribution in [0, 0.1) is 12.3 Å². The minimum absolute atomic E-state index is 0.0458. The number of benzene rings is 1. The zero-order valence-electron chi connectivity index (χ0n) is 10.4. The number of terminal acetylenes is 1. The van der Waals surface area contributed by atoms with E-state index in [1.54, 1.807) is 0 Å².